The molecule has 1 aliphatic rings. The first-order valence-corrected chi connectivity index (χ1v) is 8.03. The Labute approximate surface area is 129 Å². The van der Waals surface area contributed by atoms with Gasteiger partial charge in [-0.15, -0.1) is 0 Å². The van der Waals surface area contributed by atoms with Gasteiger partial charge in [-0.25, -0.2) is 4.98 Å². The highest BCUT2D eigenvalue weighted by Gasteiger charge is 2.21. The van der Waals surface area contributed by atoms with Gasteiger partial charge in [-0.1, -0.05) is 13.8 Å². The summed E-state index contributed by atoms with van der Waals surface area (Å²) in [5, 5.41) is 3.48. The van der Waals surface area contributed by atoms with Crippen LogP contribution in [0.25, 0.3) is 0 Å². The van der Waals surface area contributed by atoms with Crippen LogP contribution < -0.4 is 10.1 Å². The van der Waals surface area contributed by atoms with E-state index in [4.69, 9.17) is 9.47 Å². The Hall–Kier alpha value is -0.650. The molecule has 1 saturated carbocycles. The first-order chi connectivity index (χ1) is 9.65. The first-order valence-electron chi connectivity index (χ1n) is 7.23. The number of ether oxygens (including phenoxy) is 2. The number of hydrogen-bond acceptors (Lipinski definition) is 4. The van der Waals surface area contributed by atoms with Crippen molar-refractivity contribution in [3.63, 3.8) is 0 Å². The molecule has 4 nitrogen and oxygen atoms in total. The Kier molecular flexibility index (Phi) is 6.26. The Morgan fingerprint density at radius 2 is 2.20 bits per heavy atom. The minimum Gasteiger partial charge on any atom is -0.475 e. The van der Waals surface area contributed by atoms with Crippen LogP contribution in [0.5, 0.6) is 5.88 Å². The standard InChI is InChI=1S/C15H23BrN2O2/c1-11(2)10-19-5-6-20-15-12(7-13(16)9-18-15)8-17-14-3-4-14/h7,9,11,14,17H,3-6,8,10H2,1-2H3. The Bertz CT molecular complexity index is 422. The van der Waals surface area contributed by atoms with Crippen LogP contribution in [0.2, 0.25) is 0 Å². The van der Waals surface area contributed by atoms with E-state index in [-0.39, 0.29) is 0 Å². The molecule has 1 aromatic heterocycles. The second-order valence-corrected chi connectivity index (χ2v) is 6.51. The highest BCUT2D eigenvalue weighted by atomic mass is 79.9. The highest BCUT2D eigenvalue weighted by Crippen LogP contribution is 2.23. The Morgan fingerprint density at radius 3 is 2.90 bits per heavy atom. The second-order valence-electron chi connectivity index (χ2n) is 5.59. The van der Waals surface area contributed by atoms with Crippen molar-refractivity contribution in [2.24, 2.45) is 5.92 Å². The molecule has 0 amide bonds. The summed E-state index contributed by atoms with van der Waals surface area (Å²) in [7, 11) is 0. The maximum absolute atomic E-state index is 5.73. The molecule has 0 aromatic carbocycles. The molecule has 0 spiro atoms. The van der Waals surface area contributed by atoms with Crippen molar-refractivity contribution >= 4 is 15.9 Å². The average molecular weight is 343 g/mol. The minimum atomic E-state index is 0.539. The molecule has 1 aromatic rings. The fourth-order valence-corrected chi connectivity index (χ4v) is 2.16. The van der Waals surface area contributed by atoms with Crippen LogP contribution in [0.4, 0.5) is 0 Å². The second kappa shape index (κ2) is 7.96. The molecular formula is C15H23BrN2O2. The summed E-state index contributed by atoms with van der Waals surface area (Å²) < 4.78 is 12.2. The average Bonchev–Trinajstić information content (AvgIpc) is 3.21. The van der Waals surface area contributed by atoms with Crippen LogP contribution in [0.3, 0.4) is 0 Å². The summed E-state index contributed by atoms with van der Waals surface area (Å²) in [5.74, 6) is 1.26. The number of aromatic nitrogens is 1. The zero-order chi connectivity index (χ0) is 14.4. The van der Waals surface area contributed by atoms with Crippen molar-refractivity contribution in [1.29, 1.82) is 0 Å². The van der Waals surface area contributed by atoms with Gasteiger partial charge in [0.25, 0.3) is 0 Å². The third kappa shape index (κ3) is 5.77. The highest BCUT2D eigenvalue weighted by molar-refractivity contribution is 9.10. The number of pyridine rings is 1. The minimum absolute atomic E-state index is 0.539. The SMILES string of the molecule is CC(C)COCCOc1ncc(Br)cc1CNC1CC1. The van der Waals surface area contributed by atoms with Gasteiger partial charge < -0.3 is 14.8 Å². The molecule has 5 heteroatoms. The maximum atomic E-state index is 5.73. The van der Waals surface area contributed by atoms with Gasteiger partial charge in [-0.05, 0) is 40.8 Å². The van der Waals surface area contributed by atoms with Crippen LogP contribution in [0.1, 0.15) is 32.3 Å². The van der Waals surface area contributed by atoms with E-state index in [1.807, 2.05) is 0 Å². The quantitative estimate of drug-likeness (QED) is 0.700. The summed E-state index contributed by atoms with van der Waals surface area (Å²) >= 11 is 3.46. The number of halogens is 1. The van der Waals surface area contributed by atoms with E-state index >= 15 is 0 Å². The molecule has 1 N–H and O–H groups in total. The van der Waals surface area contributed by atoms with Gasteiger partial charge in [0, 0.05) is 35.4 Å². The van der Waals surface area contributed by atoms with Crippen LogP contribution in [0, 0.1) is 5.92 Å². The van der Waals surface area contributed by atoms with Crippen molar-refractivity contribution in [2.45, 2.75) is 39.3 Å². The van der Waals surface area contributed by atoms with Crippen molar-refractivity contribution in [1.82, 2.24) is 10.3 Å². The number of nitrogens with one attached hydrogen (secondary N) is 1. The lowest BCUT2D eigenvalue weighted by molar-refractivity contribution is 0.0803. The summed E-state index contributed by atoms with van der Waals surface area (Å²) in [6, 6.07) is 2.74. The predicted octanol–water partition coefficient (Wildman–Crippen LogP) is 3.15. The van der Waals surface area contributed by atoms with Gasteiger partial charge in [0.1, 0.15) is 6.61 Å². The van der Waals surface area contributed by atoms with E-state index in [9.17, 15) is 0 Å². The maximum Gasteiger partial charge on any atom is 0.217 e. The van der Waals surface area contributed by atoms with Gasteiger partial charge >= 0.3 is 0 Å². The molecule has 0 saturated heterocycles. The van der Waals surface area contributed by atoms with Crippen molar-refractivity contribution in [3.8, 4) is 5.88 Å². The molecule has 0 aliphatic heterocycles. The van der Waals surface area contributed by atoms with Gasteiger partial charge in [0.2, 0.25) is 5.88 Å². The molecule has 0 bridgehead atoms. The predicted molar refractivity (Wildman–Crippen MR) is 83.0 cm³/mol. The van der Waals surface area contributed by atoms with E-state index in [1.165, 1.54) is 12.8 Å². The van der Waals surface area contributed by atoms with Gasteiger partial charge in [-0.3, -0.25) is 0 Å². The molecule has 1 aliphatic carbocycles. The molecule has 1 fully saturated rings. The molecule has 20 heavy (non-hydrogen) atoms. The third-order valence-corrected chi connectivity index (χ3v) is 3.40. The van der Waals surface area contributed by atoms with E-state index in [0.29, 0.717) is 31.1 Å². The lowest BCUT2D eigenvalue weighted by Gasteiger charge is -2.12. The number of hydrogen-bond donors (Lipinski definition) is 1. The zero-order valence-electron chi connectivity index (χ0n) is 12.2. The van der Waals surface area contributed by atoms with Crippen molar-refractivity contribution in [3.05, 3.63) is 22.3 Å². The van der Waals surface area contributed by atoms with Crippen molar-refractivity contribution in [2.75, 3.05) is 19.8 Å². The van der Waals surface area contributed by atoms with E-state index in [1.54, 1.807) is 6.20 Å². The first kappa shape index (κ1) is 15.7. The van der Waals surface area contributed by atoms with Crippen molar-refractivity contribution < 1.29 is 9.47 Å². The van der Waals surface area contributed by atoms with E-state index < -0.39 is 0 Å². The van der Waals surface area contributed by atoms with Crippen LogP contribution in [0.15, 0.2) is 16.7 Å². The summed E-state index contributed by atoms with van der Waals surface area (Å²) in [4.78, 5) is 4.34. The van der Waals surface area contributed by atoms with Gasteiger partial charge in [0.05, 0.1) is 6.61 Å². The molecule has 112 valence electrons. The van der Waals surface area contributed by atoms with Gasteiger partial charge in [-0.2, -0.15) is 0 Å². The van der Waals surface area contributed by atoms with E-state index in [2.05, 4.69) is 46.1 Å². The molecule has 0 unspecified atom stereocenters. The summed E-state index contributed by atoms with van der Waals surface area (Å²) in [6.07, 6.45) is 4.33. The lowest BCUT2D eigenvalue weighted by Crippen LogP contribution is -2.17. The Balaban J connectivity index is 1.79. The Morgan fingerprint density at radius 1 is 1.40 bits per heavy atom. The molecule has 2 rings (SSSR count). The van der Waals surface area contributed by atoms with E-state index in [0.717, 1.165) is 23.2 Å². The van der Waals surface area contributed by atoms with Crippen LogP contribution in [-0.2, 0) is 11.3 Å². The zero-order valence-corrected chi connectivity index (χ0v) is 13.8. The third-order valence-electron chi connectivity index (χ3n) is 2.97. The molecule has 1 heterocycles. The number of rotatable bonds is 9. The van der Waals surface area contributed by atoms with Crippen LogP contribution >= 0.6 is 15.9 Å². The smallest absolute Gasteiger partial charge is 0.217 e. The fraction of sp³-hybridized carbons (Fsp3) is 0.667. The topological polar surface area (TPSA) is 43.4 Å². The van der Waals surface area contributed by atoms with Gasteiger partial charge in [0.15, 0.2) is 0 Å². The monoisotopic (exact) mass is 342 g/mol. The fourth-order valence-electron chi connectivity index (χ4n) is 1.78. The van der Waals surface area contributed by atoms with Crippen LogP contribution in [-0.4, -0.2) is 30.8 Å². The lowest BCUT2D eigenvalue weighted by atomic mass is 10.2. The normalized spacial score (nSPS) is 14.8. The molecule has 0 atom stereocenters. The summed E-state index contributed by atoms with van der Waals surface area (Å²) in [6.45, 7) is 6.99. The summed E-state index contributed by atoms with van der Waals surface area (Å²) in [5.41, 5.74) is 1.09. The largest absolute Gasteiger partial charge is 0.475 e. The number of nitrogens with zero attached hydrogens (tertiary/aromatic N) is 1. The molecular weight excluding hydrogens is 320 g/mol. The molecule has 0 radical (unpaired) electrons.